The molecule has 2 aromatic carbocycles. The van der Waals surface area contributed by atoms with Crippen LogP contribution in [0.15, 0.2) is 54.6 Å². The molecule has 1 aliphatic rings. The minimum Gasteiger partial charge on any atom is -0.379 e. The van der Waals surface area contributed by atoms with Gasteiger partial charge in [-0.2, -0.15) is 0 Å². The molecule has 34 heavy (non-hydrogen) atoms. The van der Waals surface area contributed by atoms with Crippen molar-refractivity contribution in [1.29, 1.82) is 0 Å². The molecule has 0 aliphatic carbocycles. The maximum Gasteiger partial charge on any atom is 0.271 e. The first kappa shape index (κ1) is 24.0. The molecule has 0 bridgehead atoms. The molecule has 4 rings (SSSR count). The van der Waals surface area contributed by atoms with Crippen LogP contribution in [0.25, 0.3) is 10.9 Å². The van der Waals surface area contributed by atoms with Crippen LogP contribution < -0.4 is 5.32 Å². The third kappa shape index (κ3) is 4.73. The minimum atomic E-state index is -1.02. The molecule has 6 heteroatoms. The number of carbonyl (C=O) groups excluding carboxylic acids is 2. The van der Waals surface area contributed by atoms with Crippen LogP contribution in [0.4, 0.5) is 0 Å². The van der Waals surface area contributed by atoms with Gasteiger partial charge in [0, 0.05) is 30.6 Å². The summed E-state index contributed by atoms with van der Waals surface area (Å²) in [7, 11) is 0. The van der Waals surface area contributed by atoms with E-state index in [1.54, 1.807) is 4.90 Å². The molecule has 1 aromatic heterocycles. The molecule has 1 atom stereocenters. The van der Waals surface area contributed by atoms with Gasteiger partial charge in [-0.3, -0.25) is 9.59 Å². The van der Waals surface area contributed by atoms with Crippen molar-refractivity contribution in [2.75, 3.05) is 13.2 Å². The lowest BCUT2D eigenvalue weighted by Crippen LogP contribution is -2.63. The Morgan fingerprint density at radius 2 is 1.82 bits per heavy atom. The zero-order valence-corrected chi connectivity index (χ0v) is 20.6. The summed E-state index contributed by atoms with van der Waals surface area (Å²) in [5.74, 6) is -0.262. The van der Waals surface area contributed by atoms with Crippen LogP contribution >= 0.6 is 0 Å². The number of hydrogen-bond donors (Lipinski definition) is 1. The van der Waals surface area contributed by atoms with Crippen molar-refractivity contribution in [1.82, 2.24) is 14.8 Å². The van der Waals surface area contributed by atoms with Crippen molar-refractivity contribution in [3.05, 3.63) is 71.4 Å². The fourth-order valence-electron chi connectivity index (χ4n) is 4.60. The fraction of sp³-hybridized carbons (Fsp3) is 0.429. The Labute approximate surface area is 201 Å². The van der Waals surface area contributed by atoms with E-state index in [1.807, 2.05) is 55.7 Å². The summed E-state index contributed by atoms with van der Waals surface area (Å²) in [6, 6.07) is 18.2. The molecule has 0 radical (unpaired) electrons. The summed E-state index contributed by atoms with van der Waals surface area (Å²) >= 11 is 0. The molecule has 0 saturated heterocycles. The Morgan fingerprint density at radius 1 is 1.12 bits per heavy atom. The number of benzene rings is 2. The SMILES string of the molecule is CCc1ccc(CN2C(=O)c3cc4ccccc4n3CC2(C)C(=O)NCCCOC(C)C)cc1. The number of nitrogens with zero attached hydrogens (tertiary/aromatic N) is 2. The third-order valence-electron chi connectivity index (χ3n) is 6.66. The first-order valence-electron chi connectivity index (χ1n) is 12.2. The minimum absolute atomic E-state index is 0.122. The average Bonchev–Trinajstić information content (AvgIpc) is 3.20. The van der Waals surface area contributed by atoms with Crippen molar-refractivity contribution in [2.45, 2.75) is 65.3 Å². The Morgan fingerprint density at radius 3 is 2.53 bits per heavy atom. The zero-order chi connectivity index (χ0) is 24.3. The molecule has 1 unspecified atom stereocenters. The molecule has 180 valence electrons. The number of nitrogens with one attached hydrogen (secondary N) is 1. The predicted octanol–water partition coefficient (Wildman–Crippen LogP) is 4.55. The standard InChI is InChI=1S/C28H35N3O3/c1-5-21-11-13-22(14-12-21)18-31-26(32)25-17-23-9-6-7-10-24(23)30(25)19-28(31,4)27(33)29-15-8-16-34-20(2)3/h6-7,9-14,17,20H,5,8,15-16,18-19H2,1-4H3,(H,29,33). The number of aryl methyl sites for hydroxylation is 1. The highest BCUT2D eigenvalue weighted by atomic mass is 16.5. The molecule has 1 N–H and O–H groups in total. The van der Waals surface area contributed by atoms with Gasteiger partial charge < -0.3 is 19.5 Å². The van der Waals surface area contributed by atoms with Gasteiger partial charge in [0.2, 0.25) is 5.91 Å². The summed E-state index contributed by atoms with van der Waals surface area (Å²) in [6.45, 7) is 9.88. The average molecular weight is 462 g/mol. The van der Waals surface area contributed by atoms with Crippen LogP contribution in [0.1, 0.15) is 55.7 Å². The lowest BCUT2D eigenvalue weighted by atomic mass is 9.93. The van der Waals surface area contributed by atoms with Gasteiger partial charge in [-0.1, -0.05) is 49.4 Å². The summed E-state index contributed by atoms with van der Waals surface area (Å²) in [5, 5.41) is 4.07. The zero-order valence-electron chi connectivity index (χ0n) is 20.6. The first-order valence-corrected chi connectivity index (χ1v) is 12.2. The van der Waals surface area contributed by atoms with Crippen LogP contribution in [0.2, 0.25) is 0 Å². The molecule has 3 aromatic rings. The summed E-state index contributed by atoms with van der Waals surface area (Å²) in [5.41, 5.74) is 2.84. The van der Waals surface area contributed by atoms with Gasteiger partial charge in [-0.25, -0.2) is 0 Å². The van der Waals surface area contributed by atoms with Crippen molar-refractivity contribution >= 4 is 22.7 Å². The monoisotopic (exact) mass is 461 g/mol. The normalized spacial score (nSPS) is 17.9. The molecular formula is C28H35N3O3. The van der Waals surface area contributed by atoms with Crippen molar-refractivity contribution < 1.29 is 14.3 Å². The van der Waals surface area contributed by atoms with Crippen molar-refractivity contribution in [2.24, 2.45) is 0 Å². The lowest BCUT2D eigenvalue weighted by molar-refractivity contribution is -0.133. The Kier molecular flexibility index (Phi) is 7.08. The van der Waals surface area contributed by atoms with Gasteiger partial charge in [0.25, 0.3) is 5.91 Å². The fourth-order valence-corrected chi connectivity index (χ4v) is 4.60. The van der Waals surface area contributed by atoms with E-state index >= 15 is 0 Å². The highest BCUT2D eigenvalue weighted by Gasteiger charge is 2.47. The van der Waals surface area contributed by atoms with E-state index in [1.165, 1.54) is 5.56 Å². The third-order valence-corrected chi connectivity index (χ3v) is 6.66. The maximum absolute atomic E-state index is 13.8. The van der Waals surface area contributed by atoms with Gasteiger partial charge in [0.1, 0.15) is 11.2 Å². The lowest BCUT2D eigenvalue weighted by Gasteiger charge is -2.44. The number of hydrogen-bond acceptors (Lipinski definition) is 3. The number of fused-ring (bicyclic) bond motifs is 3. The number of ether oxygens (including phenoxy) is 1. The van der Waals surface area contributed by atoms with E-state index in [0.717, 1.165) is 29.3 Å². The van der Waals surface area contributed by atoms with E-state index in [9.17, 15) is 9.59 Å². The summed E-state index contributed by atoms with van der Waals surface area (Å²) in [4.78, 5) is 29.1. The van der Waals surface area contributed by atoms with Gasteiger partial charge in [-0.15, -0.1) is 0 Å². The predicted molar refractivity (Wildman–Crippen MR) is 135 cm³/mol. The second kappa shape index (κ2) is 10.0. The van der Waals surface area contributed by atoms with Crippen LogP contribution in [0, 0.1) is 0 Å². The molecule has 1 aliphatic heterocycles. The number of aromatic nitrogens is 1. The van der Waals surface area contributed by atoms with E-state index < -0.39 is 5.54 Å². The first-order chi connectivity index (χ1) is 16.3. The van der Waals surface area contributed by atoms with Gasteiger partial charge in [-0.05, 0) is 56.9 Å². The molecule has 0 fully saturated rings. The number of amides is 2. The highest BCUT2D eigenvalue weighted by molar-refractivity contribution is 6.03. The van der Waals surface area contributed by atoms with Gasteiger partial charge in [0.15, 0.2) is 0 Å². The number of rotatable bonds is 9. The van der Waals surface area contributed by atoms with Gasteiger partial charge in [0.05, 0.1) is 12.6 Å². The summed E-state index contributed by atoms with van der Waals surface area (Å²) < 4.78 is 7.59. The van der Waals surface area contributed by atoms with Gasteiger partial charge >= 0.3 is 0 Å². The molecule has 0 spiro atoms. The second-order valence-corrected chi connectivity index (χ2v) is 9.54. The van der Waals surface area contributed by atoms with Crippen molar-refractivity contribution in [3.8, 4) is 0 Å². The molecular weight excluding hydrogens is 426 g/mol. The van der Waals surface area contributed by atoms with Crippen LogP contribution in [-0.2, 0) is 29.0 Å². The maximum atomic E-state index is 13.8. The largest absolute Gasteiger partial charge is 0.379 e. The highest BCUT2D eigenvalue weighted by Crippen LogP contribution is 2.33. The Hall–Kier alpha value is -3.12. The second-order valence-electron chi connectivity index (χ2n) is 9.54. The Balaban J connectivity index is 1.63. The number of carbonyl (C=O) groups is 2. The molecule has 2 amide bonds. The topological polar surface area (TPSA) is 63.6 Å². The van der Waals surface area contributed by atoms with E-state index in [2.05, 4.69) is 36.5 Å². The Bertz CT molecular complexity index is 1170. The van der Waals surface area contributed by atoms with Crippen LogP contribution in [0.5, 0.6) is 0 Å². The smallest absolute Gasteiger partial charge is 0.271 e. The van der Waals surface area contributed by atoms with Crippen LogP contribution in [0.3, 0.4) is 0 Å². The number of para-hydroxylation sites is 1. The van der Waals surface area contributed by atoms with Crippen LogP contribution in [-0.4, -0.2) is 46.1 Å². The van der Waals surface area contributed by atoms with Crippen molar-refractivity contribution in [3.63, 3.8) is 0 Å². The van der Waals surface area contributed by atoms with E-state index in [4.69, 9.17) is 4.74 Å². The van der Waals surface area contributed by atoms with E-state index in [0.29, 0.717) is 31.9 Å². The quantitative estimate of drug-likeness (QED) is 0.476. The summed E-state index contributed by atoms with van der Waals surface area (Å²) in [6.07, 6.45) is 1.85. The molecule has 2 heterocycles. The molecule has 6 nitrogen and oxygen atoms in total. The molecule has 0 saturated carbocycles. The van der Waals surface area contributed by atoms with E-state index in [-0.39, 0.29) is 17.9 Å².